The average molecular weight is 388 g/mol. The van der Waals surface area contributed by atoms with E-state index in [0.29, 0.717) is 19.0 Å². The summed E-state index contributed by atoms with van der Waals surface area (Å²) in [4.78, 5) is 6.60. The van der Waals surface area contributed by atoms with Crippen molar-refractivity contribution < 1.29 is 0 Å². The van der Waals surface area contributed by atoms with E-state index < -0.39 is 0 Å². The van der Waals surface area contributed by atoms with E-state index >= 15 is 0 Å². The zero-order chi connectivity index (χ0) is 14.1. The van der Waals surface area contributed by atoms with Crippen molar-refractivity contribution in [3.63, 3.8) is 0 Å². The number of aryl methyl sites for hydroxylation is 1. The van der Waals surface area contributed by atoms with Crippen molar-refractivity contribution in [1.29, 1.82) is 0 Å². The maximum absolute atomic E-state index is 5.73. The van der Waals surface area contributed by atoms with Crippen molar-refractivity contribution in [1.82, 2.24) is 5.32 Å². The first-order valence-electron chi connectivity index (χ1n) is 6.64. The number of hydrogen-bond donors (Lipinski definition) is 2. The zero-order valence-electron chi connectivity index (χ0n) is 12.3. The lowest BCUT2D eigenvalue weighted by molar-refractivity contribution is 0.809. The molecular formula is C15H25IN4. The highest BCUT2D eigenvalue weighted by molar-refractivity contribution is 14.0. The Balaban J connectivity index is 0.00000361. The van der Waals surface area contributed by atoms with Gasteiger partial charge in [-0.05, 0) is 25.5 Å². The van der Waals surface area contributed by atoms with Gasteiger partial charge in [0.15, 0.2) is 5.96 Å². The van der Waals surface area contributed by atoms with Gasteiger partial charge in [-0.25, -0.2) is 0 Å². The number of nitrogens with zero attached hydrogens (tertiary/aromatic N) is 2. The third kappa shape index (κ3) is 6.27. The first kappa shape index (κ1) is 18.8. The van der Waals surface area contributed by atoms with Crippen LogP contribution in [-0.2, 0) is 0 Å². The van der Waals surface area contributed by atoms with Gasteiger partial charge in [0.1, 0.15) is 0 Å². The molecule has 0 spiro atoms. The highest BCUT2D eigenvalue weighted by Crippen LogP contribution is 2.18. The van der Waals surface area contributed by atoms with E-state index in [1.165, 1.54) is 11.3 Å². The van der Waals surface area contributed by atoms with Crippen LogP contribution in [0.25, 0.3) is 0 Å². The quantitative estimate of drug-likeness (QED) is 0.327. The monoisotopic (exact) mass is 388 g/mol. The fourth-order valence-electron chi connectivity index (χ4n) is 1.89. The van der Waals surface area contributed by atoms with Crippen LogP contribution in [-0.4, -0.2) is 32.1 Å². The largest absolute Gasteiger partial charge is 0.370 e. The predicted octanol–water partition coefficient (Wildman–Crippen LogP) is 2.53. The van der Waals surface area contributed by atoms with Crippen LogP contribution < -0.4 is 16.0 Å². The number of para-hydroxylation sites is 1. The fraction of sp³-hybridized carbons (Fsp3) is 0.400. The van der Waals surface area contributed by atoms with Crippen LogP contribution in [0.4, 0.5) is 5.69 Å². The second-order valence-corrected chi connectivity index (χ2v) is 4.30. The van der Waals surface area contributed by atoms with E-state index in [-0.39, 0.29) is 24.0 Å². The summed E-state index contributed by atoms with van der Waals surface area (Å²) < 4.78 is 0. The van der Waals surface area contributed by atoms with Crippen molar-refractivity contribution in [2.24, 2.45) is 10.7 Å². The molecular weight excluding hydrogens is 363 g/mol. The molecule has 20 heavy (non-hydrogen) atoms. The van der Waals surface area contributed by atoms with Gasteiger partial charge in [0.05, 0.1) is 6.54 Å². The lowest BCUT2D eigenvalue weighted by Gasteiger charge is -2.24. The molecule has 3 N–H and O–H groups in total. The van der Waals surface area contributed by atoms with Crippen molar-refractivity contribution >= 4 is 35.6 Å². The predicted molar refractivity (Wildman–Crippen MR) is 99.2 cm³/mol. The number of guanidine groups is 1. The van der Waals surface area contributed by atoms with E-state index in [1.54, 1.807) is 6.08 Å². The number of anilines is 1. The molecule has 4 nitrogen and oxygen atoms in total. The summed E-state index contributed by atoms with van der Waals surface area (Å²) >= 11 is 0. The molecule has 0 radical (unpaired) electrons. The Morgan fingerprint density at radius 3 is 2.75 bits per heavy atom. The Labute approximate surface area is 139 Å². The SMILES string of the molecule is C=CCNC(N)=NCCN(CC)c1ccccc1C.I. The number of halogens is 1. The van der Waals surface area contributed by atoms with Crippen LogP contribution in [0.2, 0.25) is 0 Å². The van der Waals surface area contributed by atoms with Gasteiger partial charge >= 0.3 is 0 Å². The molecule has 0 fully saturated rings. The van der Waals surface area contributed by atoms with Crippen molar-refractivity contribution in [3.05, 3.63) is 42.5 Å². The number of hydrogen-bond acceptors (Lipinski definition) is 2. The fourth-order valence-corrected chi connectivity index (χ4v) is 1.89. The third-order valence-corrected chi connectivity index (χ3v) is 2.92. The maximum Gasteiger partial charge on any atom is 0.188 e. The minimum Gasteiger partial charge on any atom is -0.370 e. The van der Waals surface area contributed by atoms with Crippen molar-refractivity contribution in [2.75, 3.05) is 31.1 Å². The van der Waals surface area contributed by atoms with Crippen molar-refractivity contribution in [2.45, 2.75) is 13.8 Å². The molecule has 1 aromatic carbocycles. The molecule has 0 bridgehead atoms. The molecule has 1 aromatic rings. The molecule has 0 aliphatic heterocycles. The van der Waals surface area contributed by atoms with E-state index in [9.17, 15) is 0 Å². The summed E-state index contributed by atoms with van der Waals surface area (Å²) in [6.07, 6.45) is 1.76. The number of benzene rings is 1. The number of likely N-dealkylation sites (N-methyl/N-ethyl adjacent to an activating group) is 1. The van der Waals surface area contributed by atoms with Gasteiger partial charge in [0, 0.05) is 25.3 Å². The third-order valence-electron chi connectivity index (χ3n) is 2.92. The van der Waals surface area contributed by atoms with Crippen LogP contribution in [0.5, 0.6) is 0 Å². The van der Waals surface area contributed by atoms with Gasteiger partial charge in [0.25, 0.3) is 0 Å². The minimum absolute atomic E-state index is 0. The van der Waals surface area contributed by atoms with Crippen LogP contribution in [0.3, 0.4) is 0 Å². The van der Waals surface area contributed by atoms with Gasteiger partial charge in [-0.2, -0.15) is 0 Å². The van der Waals surface area contributed by atoms with E-state index in [0.717, 1.165) is 13.1 Å². The number of nitrogens with two attached hydrogens (primary N) is 1. The average Bonchev–Trinajstić information content (AvgIpc) is 2.42. The lowest BCUT2D eigenvalue weighted by atomic mass is 10.2. The first-order chi connectivity index (χ1) is 9.19. The summed E-state index contributed by atoms with van der Waals surface area (Å²) in [5.74, 6) is 0.473. The molecule has 0 aliphatic carbocycles. The van der Waals surface area contributed by atoms with Crippen LogP contribution in [0.1, 0.15) is 12.5 Å². The van der Waals surface area contributed by atoms with Gasteiger partial charge in [-0.3, -0.25) is 4.99 Å². The van der Waals surface area contributed by atoms with Crippen LogP contribution in [0.15, 0.2) is 41.9 Å². The van der Waals surface area contributed by atoms with Gasteiger partial charge in [-0.1, -0.05) is 24.3 Å². The summed E-state index contributed by atoms with van der Waals surface area (Å²) in [6, 6.07) is 8.39. The normalized spacial score (nSPS) is 10.6. The summed E-state index contributed by atoms with van der Waals surface area (Å²) in [5.41, 5.74) is 8.27. The molecule has 0 saturated carbocycles. The summed E-state index contributed by atoms with van der Waals surface area (Å²) in [6.45, 7) is 11.0. The Morgan fingerprint density at radius 1 is 1.45 bits per heavy atom. The van der Waals surface area contributed by atoms with E-state index in [1.807, 2.05) is 0 Å². The minimum atomic E-state index is 0. The van der Waals surface area contributed by atoms with Gasteiger partial charge in [-0.15, -0.1) is 30.6 Å². The lowest BCUT2D eigenvalue weighted by Crippen LogP contribution is -2.33. The molecule has 0 unspecified atom stereocenters. The smallest absolute Gasteiger partial charge is 0.188 e. The number of aliphatic imine (C=N–C) groups is 1. The molecule has 0 aromatic heterocycles. The molecule has 1 rings (SSSR count). The number of rotatable bonds is 7. The zero-order valence-corrected chi connectivity index (χ0v) is 14.6. The molecule has 112 valence electrons. The standard InChI is InChI=1S/C15H24N4.HI/c1-4-10-17-15(16)18-11-12-19(5-2)14-9-7-6-8-13(14)3;/h4,6-9H,1,5,10-12H2,2-3H3,(H3,16,17,18);1H. The topological polar surface area (TPSA) is 53.6 Å². The number of nitrogens with one attached hydrogen (secondary N) is 1. The highest BCUT2D eigenvalue weighted by atomic mass is 127. The molecule has 0 saturated heterocycles. The van der Waals surface area contributed by atoms with Crippen molar-refractivity contribution in [3.8, 4) is 0 Å². The highest BCUT2D eigenvalue weighted by Gasteiger charge is 2.05. The van der Waals surface area contributed by atoms with Crippen LogP contribution >= 0.6 is 24.0 Å². The van der Waals surface area contributed by atoms with Crippen LogP contribution in [0, 0.1) is 6.92 Å². The Bertz CT molecular complexity index is 432. The molecule has 5 heteroatoms. The Hall–Kier alpha value is -1.24. The molecule has 0 heterocycles. The first-order valence-corrected chi connectivity index (χ1v) is 6.64. The maximum atomic E-state index is 5.73. The summed E-state index contributed by atoms with van der Waals surface area (Å²) in [5, 5.41) is 2.97. The molecule has 0 atom stereocenters. The Morgan fingerprint density at radius 2 is 2.15 bits per heavy atom. The van der Waals surface area contributed by atoms with Gasteiger partial charge < -0.3 is 16.0 Å². The van der Waals surface area contributed by atoms with E-state index in [2.05, 4.69) is 59.9 Å². The molecule has 0 amide bonds. The second-order valence-electron chi connectivity index (χ2n) is 4.30. The van der Waals surface area contributed by atoms with E-state index in [4.69, 9.17) is 5.73 Å². The second kappa shape index (κ2) is 10.5. The summed E-state index contributed by atoms with van der Waals surface area (Å²) in [7, 11) is 0. The Kier molecular flexibility index (Phi) is 9.88. The van der Waals surface area contributed by atoms with Gasteiger partial charge in [0.2, 0.25) is 0 Å². The molecule has 0 aliphatic rings.